The van der Waals surface area contributed by atoms with E-state index in [-0.39, 0.29) is 23.3 Å². The largest absolute Gasteiger partial charge is 0.350 e. The van der Waals surface area contributed by atoms with Crippen LogP contribution in [0.1, 0.15) is 28.0 Å². The van der Waals surface area contributed by atoms with E-state index in [2.05, 4.69) is 15.6 Å². The number of carbonyl (C=O) groups excluding carboxylic acids is 2. The standard InChI is InChI=1S/C21H20FN3O2S/c22-17-9-6-16(7-10-17)12-13-23-20(27)18-14-28-21(24-18)25-19(26)11-8-15-4-2-1-3-5-15/h1-7,9-10,14H,8,11-13H2,(H,23,27)(H,24,25,26). The Balaban J connectivity index is 1.43. The van der Waals surface area contributed by atoms with Gasteiger partial charge in [0.2, 0.25) is 5.91 Å². The molecule has 28 heavy (non-hydrogen) atoms. The van der Waals surface area contributed by atoms with Gasteiger partial charge in [-0.15, -0.1) is 11.3 Å². The monoisotopic (exact) mass is 397 g/mol. The molecule has 0 aliphatic heterocycles. The summed E-state index contributed by atoms with van der Waals surface area (Å²) >= 11 is 1.21. The second-order valence-electron chi connectivity index (χ2n) is 6.20. The summed E-state index contributed by atoms with van der Waals surface area (Å²) in [5, 5.41) is 7.52. The molecule has 0 saturated heterocycles. The Hall–Kier alpha value is -3.06. The first kappa shape index (κ1) is 19.7. The molecule has 0 unspecified atom stereocenters. The molecule has 0 atom stereocenters. The molecule has 0 aliphatic rings. The van der Waals surface area contributed by atoms with Crippen LogP contribution in [0.4, 0.5) is 9.52 Å². The van der Waals surface area contributed by atoms with Gasteiger partial charge in [0.25, 0.3) is 5.91 Å². The summed E-state index contributed by atoms with van der Waals surface area (Å²) in [6.45, 7) is 0.417. The molecule has 1 aromatic heterocycles. The molecule has 3 aromatic rings. The SMILES string of the molecule is O=C(CCc1ccccc1)Nc1nc(C(=O)NCCc2ccc(F)cc2)cs1. The number of rotatable bonds is 8. The molecule has 0 fully saturated rings. The summed E-state index contributed by atoms with van der Waals surface area (Å²) in [6.07, 6.45) is 1.59. The first-order chi connectivity index (χ1) is 13.6. The number of carbonyl (C=O) groups is 2. The quantitative estimate of drug-likeness (QED) is 0.607. The van der Waals surface area contributed by atoms with Crippen molar-refractivity contribution in [1.82, 2.24) is 10.3 Å². The Morgan fingerprint density at radius 3 is 2.43 bits per heavy atom. The van der Waals surface area contributed by atoms with Crippen LogP contribution < -0.4 is 10.6 Å². The molecule has 0 saturated carbocycles. The maximum Gasteiger partial charge on any atom is 0.270 e. The molecular weight excluding hydrogens is 377 g/mol. The van der Waals surface area contributed by atoms with Crippen LogP contribution in [-0.2, 0) is 17.6 Å². The van der Waals surface area contributed by atoms with E-state index in [0.29, 0.717) is 30.9 Å². The third-order valence-electron chi connectivity index (χ3n) is 4.08. The van der Waals surface area contributed by atoms with Gasteiger partial charge in [-0.05, 0) is 36.1 Å². The lowest BCUT2D eigenvalue weighted by Gasteiger charge is -2.04. The van der Waals surface area contributed by atoms with Crippen molar-refractivity contribution in [1.29, 1.82) is 0 Å². The van der Waals surface area contributed by atoms with Crippen molar-refractivity contribution in [2.24, 2.45) is 0 Å². The third-order valence-corrected chi connectivity index (χ3v) is 4.84. The van der Waals surface area contributed by atoms with Crippen LogP contribution in [0.3, 0.4) is 0 Å². The summed E-state index contributed by atoms with van der Waals surface area (Å²) in [5.74, 6) is -0.724. The fourth-order valence-electron chi connectivity index (χ4n) is 2.58. The molecule has 2 aromatic carbocycles. The van der Waals surface area contributed by atoms with Crippen LogP contribution in [-0.4, -0.2) is 23.3 Å². The lowest BCUT2D eigenvalue weighted by molar-refractivity contribution is -0.116. The Bertz CT molecular complexity index is 926. The van der Waals surface area contributed by atoms with Crippen molar-refractivity contribution in [2.75, 3.05) is 11.9 Å². The Kier molecular flexibility index (Phi) is 6.86. The molecule has 5 nitrogen and oxygen atoms in total. The molecule has 0 aliphatic carbocycles. The molecule has 144 valence electrons. The highest BCUT2D eigenvalue weighted by Gasteiger charge is 2.12. The molecule has 1 heterocycles. The Labute approximate surface area is 166 Å². The average Bonchev–Trinajstić information content (AvgIpc) is 3.17. The summed E-state index contributed by atoms with van der Waals surface area (Å²) in [7, 11) is 0. The van der Waals surface area contributed by atoms with Crippen molar-refractivity contribution < 1.29 is 14.0 Å². The van der Waals surface area contributed by atoms with Gasteiger partial charge >= 0.3 is 0 Å². The van der Waals surface area contributed by atoms with E-state index in [1.54, 1.807) is 17.5 Å². The number of aryl methyl sites for hydroxylation is 1. The number of thiazole rings is 1. The summed E-state index contributed by atoms with van der Waals surface area (Å²) in [6, 6.07) is 15.9. The maximum absolute atomic E-state index is 12.9. The van der Waals surface area contributed by atoms with Crippen LogP contribution in [0, 0.1) is 5.82 Å². The number of hydrogen-bond donors (Lipinski definition) is 2. The van der Waals surface area contributed by atoms with Crippen molar-refractivity contribution >= 4 is 28.3 Å². The second-order valence-corrected chi connectivity index (χ2v) is 7.06. The van der Waals surface area contributed by atoms with E-state index in [0.717, 1.165) is 11.1 Å². The molecule has 0 radical (unpaired) electrons. The molecule has 0 bridgehead atoms. The first-order valence-electron chi connectivity index (χ1n) is 8.92. The fraction of sp³-hybridized carbons (Fsp3) is 0.190. The van der Waals surface area contributed by atoms with E-state index in [4.69, 9.17) is 0 Å². The molecule has 7 heteroatoms. The van der Waals surface area contributed by atoms with Gasteiger partial charge in [-0.2, -0.15) is 0 Å². The minimum Gasteiger partial charge on any atom is -0.350 e. The van der Waals surface area contributed by atoms with Gasteiger partial charge in [-0.25, -0.2) is 9.37 Å². The predicted molar refractivity (Wildman–Crippen MR) is 108 cm³/mol. The zero-order valence-electron chi connectivity index (χ0n) is 15.2. The summed E-state index contributed by atoms with van der Waals surface area (Å²) < 4.78 is 12.9. The maximum atomic E-state index is 12.9. The minimum atomic E-state index is -0.303. The second kappa shape index (κ2) is 9.75. The highest BCUT2D eigenvalue weighted by molar-refractivity contribution is 7.14. The highest BCUT2D eigenvalue weighted by Crippen LogP contribution is 2.16. The van der Waals surface area contributed by atoms with Crippen molar-refractivity contribution in [3.63, 3.8) is 0 Å². The predicted octanol–water partition coefficient (Wildman–Crippen LogP) is 3.83. The van der Waals surface area contributed by atoms with Gasteiger partial charge in [-0.3, -0.25) is 9.59 Å². The number of hydrogen-bond acceptors (Lipinski definition) is 4. The van der Waals surface area contributed by atoms with Crippen LogP contribution in [0.15, 0.2) is 60.0 Å². The molecule has 3 rings (SSSR count). The normalized spacial score (nSPS) is 10.5. The van der Waals surface area contributed by atoms with E-state index >= 15 is 0 Å². The zero-order valence-corrected chi connectivity index (χ0v) is 16.0. The minimum absolute atomic E-state index is 0.138. The van der Waals surface area contributed by atoms with Crippen molar-refractivity contribution in [2.45, 2.75) is 19.3 Å². The fourth-order valence-corrected chi connectivity index (χ4v) is 3.29. The van der Waals surface area contributed by atoms with Gasteiger partial charge in [-0.1, -0.05) is 42.5 Å². The number of benzene rings is 2. The molecule has 2 amide bonds. The number of amides is 2. The topological polar surface area (TPSA) is 71.1 Å². The van der Waals surface area contributed by atoms with E-state index in [9.17, 15) is 14.0 Å². The van der Waals surface area contributed by atoms with Gasteiger partial charge < -0.3 is 10.6 Å². The number of nitrogens with one attached hydrogen (secondary N) is 2. The molecular formula is C21H20FN3O2S. The van der Waals surface area contributed by atoms with Crippen LogP contribution in [0.25, 0.3) is 0 Å². The van der Waals surface area contributed by atoms with Crippen LogP contribution in [0.2, 0.25) is 0 Å². The lowest BCUT2D eigenvalue weighted by Crippen LogP contribution is -2.26. The van der Waals surface area contributed by atoms with E-state index < -0.39 is 0 Å². The zero-order chi connectivity index (χ0) is 19.8. The van der Waals surface area contributed by atoms with Crippen molar-refractivity contribution in [3.05, 3.63) is 82.6 Å². The Morgan fingerprint density at radius 2 is 1.68 bits per heavy atom. The smallest absolute Gasteiger partial charge is 0.270 e. The summed E-state index contributed by atoms with van der Waals surface area (Å²) in [4.78, 5) is 28.4. The highest BCUT2D eigenvalue weighted by atomic mass is 32.1. The van der Waals surface area contributed by atoms with Gasteiger partial charge in [0.15, 0.2) is 5.13 Å². The number of anilines is 1. The average molecular weight is 397 g/mol. The molecule has 2 N–H and O–H groups in total. The Morgan fingerprint density at radius 1 is 0.964 bits per heavy atom. The van der Waals surface area contributed by atoms with Crippen molar-refractivity contribution in [3.8, 4) is 0 Å². The van der Waals surface area contributed by atoms with Crippen LogP contribution in [0.5, 0.6) is 0 Å². The first-order valence-corrected chi connectivity index (χ1v) is 9.80. The lowest BCUT2D eigenvalue weighted by atomic mass is 10.1. The number of halogens is 1. The van der Waals surface area contributed by atoms with Gasteiger partial charge in [0, 0.05) is 18.3 Å². The van der Waals surface area contributed by atoms with Crippen LogP contribution >= 0.6 is 11.3 Å². The number of nitrogens with zero attached hydrogens (tertiary/aromatic N) is 1. The summed E-state index contributed by atoms with van der Waals surface area (Å²) in [5.41, 5.74) is 2.30. The van der Waals surface area contributed by atoms with Gasteiger partial charge in [0.1, 0.15) is 11.5 Å². The van der Waals surface area contributed by atoms with E-state index in [1.807, 2.05) is 30.3 Å². The number of aromatic nitrogens is 1. The third kappa shape index (κ3) is 5.99. The van der Waals surface area contributed by atoms with E-state index in [1.165, 1.54) is 23.5 Å². The molecule has 0 spiro atoms. The van der Waals surface area contributed by atoms with Gasteiger partial charge in [0.05, 0.1) is 0 Å².